The van der Waals surface area contributed by atoms with E-state index in [2.05, 4.69) is 101 Å². The van der Waals surface area contributed by atoms with E-state index in [0.29, 0.717) is 5.56 Å². The Morgan fingerprint density at radius 2 is 1.31 bits per heavy atom. The van der Waals surface area contributed by atoms with Gasteiger partial charge < -0.3 is 0 Å². The van der Waals surface area contributed by atoms with E-state index in [1.54, 1.807) is 6.08 Å². The molecule has 1 atom stereocenters. The SMILES string of the molecule is O=C(C=Cc1ccc(N2N=C(c3ccc(Br)cc3)CC2c2ccc(Br)cc2)cc1)c1ccc(Br)cc1. The Morgan fingerprint density at radius 3 is 1.92 bits per heavy atom. The molecule has 4 aromatic carbocycles. The number of hydrogen-bond acceptors (Lipinski definition) is 3. The van der Waals surface area contributed by atoms with E-state index < -0.39 is 0 Å². The number of rotatable bonds is 6. The van der Waals surface area contributed by atoms with Gasteiger partial charge in [-0.3, -0.25) is 9.80 Å². The first-order chi connectivity index (χ1) is 17.5. The second-order valence-corrected chi connectivity index (χ2v) is 11.2. The fourth-order valence-electron chi connectivity index (χ4n) is 4.13. The lowest BCUT2D eigenvalue weighted by molar-refractivity contribution is 0.104. The van der Waals surface area contributed by atoms with Crippen molar-refractivity contribution in [1.29, 1.82) is 0 Å². The van der Waals surface area contributed by atoms with E-state index in [1.807, 2.05) is 54.6 Å². The Bertz CT molecular complexity index is 1430. The molecule has 1 unspecified atom stereocenters. The molecule has 0 saturated heterocycles. The number of halogens is 3. The Labute approximate surface area is 235 Å². The summed E-state index contributed by atoms with van der Waals surface area (Å²) in [4.78, 5) is 12.5. The van der Waals surface area contributed by atoms with Crippen molar-refractivity contribution in [3.8, 4) is 0 Å². The smallest absolute Gasteiger partial charge is 0.185 e. The molecule has 0 aromatic heterocycles. The number of benzene rings is 4. The largest absolute Gasteiger partial charge is 0.289 e. The maximum absolute atomic E-state index is 12.5. The summed E-state index contributed by atoms with van der Waals surface area (Å²) < 4.78 is 3.06. The maximum atomic E-state index is 12.5. The zero-order valence-corrected chi connectivity index (χ0v) is 23.9. The summed E-state index contributed by atoms with van der Waals surface area (Å²) in [5.41, 5.74) is 6.01. The van der Waals surface area contributed by atoms with Crippen LogP contribution in [0.5, 0.6) is 0 Å². The first-order valence-corrected chi connectivity index (χ1v) is 13.8. The number of hydrazone groups is 1. The van der Waals surface area contributed by atoms with Gasteiger partial charge in [-0.2, -0.15) is 5.10 Å². The number of anilines is 1. The molecule has 0 saturated carbocycles. The molecule has 0 amide bonds. The van der Waals surface area contributed by atoms with Gasteiger partial charge in [0.1, 0.15) is 0 Å². The van der Waals surface area contributed by atoms with Crippen molar-refractivity contribution >= 4 is 71.0 Å². The van der Waals surface area contributed by atoms with E-state index in [1.165, 1.54) is 5.56 Å². The van der Waals surface area contributed by atoms with Gasteiger partial charge in [-0.25, -0.2) is 0 Å². The number of carbonyl (C=O) groups excluding carboxylic acids is 1. The molecule has 36 heavy (non-hydrogen) atoms. The summed E-state index contributed by atoms with van der Waals surface area (Å²) in [6.07, 6.45) is 4.27. The molecule has 0 spiro atoms. The van der Waals surface area contributed by atoms with Crippen molar-refractivity contribution < 1.29 is 4.79 Å². The third kappa shape index (κ3) is 5.77. The molecule has 3 nitrogen and oxygen atoms in total. The van der Waals surface area contributed by atoms with Crippen LogP contribution in [0, 0.1) is 0 Å². The molecule has 5 rings (SSSR count). The predicted molar refractivity (Wildman–Crippen MR) is 159 cm³/mol. The highest BCUT2D eigenvalue weighted by molar-refractivity contribution is 9.11. The third-order valence-electron chi connectivity index (χ3n) is 6.06. The summed E-state index contributed by atoms with van der Waals surface area (Å²) >= 11 is 10.5. The summed E-state index contributed by atoms with van der Waals surface area (Å²) in [5, 5.41) is 7.13. The molecule has 0 fully saturated rings. The average molecular weight is 665 g/mol. The highest BCUT2D eigenvalue weighted by atomic mass is 79.9. The molecule has 1 aliphatic heterocycles. The number of ketones is 1. The van der Waals surface area contributed by atoms with Crippen molar-refractivity contribution in [3.05, 3.63) is 139 Å². The Kier molecular flexibility index (Phi) is 7.65. The van der Waals surface area contributed by atoms with Crippen molar-refractivity contribution in [1.82, 2.24) is 0 Å². The van der Waals surface area contributed by atoms with E-state index in [0.717, 1.165) is 42.4 Å². The first kappa shape index (κ1) is 24.9. The highest BCUT2D eigenvalue weighted by Crippen LogP contribution is 2.37. The molecule has 1 aliphatic rings. The Morgan fingerprint density at radius 1 is 0.750 bits per heavy atom. The third-order valence-corrected chi connectivity index (χ3v) is 7.64. The lowest BCUT2D eigenvalue weighted by Crippen LogP contribution is -2.18. The van der Waals surface area contributed by atoms with E-state index in [4.69, 9.17) is 5.10 Å². The van der Waals surface area contributed by atoms with Crippen LogP contribution >= 0.6 is 47.8 Å². The lowest BCUT2D eigenvalue weighted by atomic mass is 9.98. The second kappa shape index (κ2) is 11.1. The molecule has 1 heterocycles. The number of allylic oxidation sites excluding steroid dienone is 1. The fraction of sp³-hybridized carbons (Fsp3) is 0.0667. The summed E-state index contributed by atoms with van der Waals surface area (Å²) in [7, 11) is 0. The summed E-state index contributed by atoms with van der Waals surface area (Å²) in [6.45, 7) is 0. The van der Waals surface area contributed by atoms with Crippen LogP contribution in [-0.2, 0) is 0 Å². The van der Waals surface area contributed by atoms with Gasteiger partial charge in [-0.15, -0.1) is 0 Å². The minimum atomic E-state index is -0.0230. The number of nitrogens with zero attached hydrogens (tertiary/aromatic N) is 2. The predicted octanol–water partition coefficient (Wildman–Crippen LogP) is 9.23. The van der Waals surface area contributed by atoms with Crippen molar-refractivity contribution in [2.24, 2.45) is 5.10 Å². The molecule has 0 N–H and O–H groups in total. The molecule has 178 valence electrons. The lowest BCUT2D eigenvalue weighted by Gasteiger charge is -2.24. The van der Waals surface area contributed by atoms with Gasteiger partial charge in [0.25, 0.3) is 0 Å². The highest BCUT2D eigenvalue weighted by Gasteiger charge is 2.29. The molecular weight excluding hydrogens is 644 g/mol. The van der Waals surface area contributed by atoms with Crippen molar-refractivity contribution in [3.63, 3.8) is 0 Å². The van der Waals surface area contributed by atoms with Crippen LogP contribution in [-0.4, -0.2) is 11.5 Å². The molecule has 0 radical (unpaired) electrons. The van der Waals surface area contributed by atoms with Gasteiger partial charge in [-0.1, -0.05) is 90.3 Å². The summed E-state index contributed by atoms with van der Waals surface area (Å²) in [6, 6.07) is 32.4. The Hall–Kier alpha value is -2.80. The molecular formula is C30H21Br3N2O. The monoisotopic (exact) mass is 662 g/mol. The van der Waals surface area contributed by atoms with E-state index in [9.17, 15) is 4.79 Å². The van der Waals surface area contributed by atoms with Gasteiger partial charge in [0.15, 0.2) is 5.78 Å². The standard InChI is InChI=1S/C30H21Br3N2O/c31-24-10-4-21(5-11-24)28-19-29(22-6-12-25(32)13-7-22)35(34-28)27-16-1-20(2-17-27)3-18-30(36)23-8-14-26(33)15-9-23/h1-18,29H,19H2. The van der Waals surface area contributed by atoms with Crippen LogP contribution in [0.2, 0.25) is 0 Å². The van der Waals surface area contributed by atoms with Gasteiger partial charge >= 0.3 is 0 Å². The average Bonchev–Trinajstić information content (AvgIpc) is 3.34. The molecule has 0 bridgehead atoms. The van der Waals surface area contributed by atoms with Crippen LogP contribution in [0.1, 0.15) is 39.5 Å². The molecule has 4 aromatic rings. The number of hydrogen-bond donors (Lipinski definition) is 0. The molecule has 6 heteroatoms. The van der Waals surface area contributed by atoms with Crippen LogP contribution in [0.4, 0.5) is 5.69 Å². The van der Waals surface area contributed by atoms with Crippen molar-refractivity contribution in [2.75, 3.05) is 5.01 Å². The number of carbonyl (C=O) groups is 1. The minimum Gasteiger partial charge on any atom is -0.289 e. The quantitative estimate of drug-likeness (QED) is 0.152. The van der Waals surface area contributed by atoms with E-state index in [-0.39, 0.29) is 11.8 Å². The van der Waals surface area contributed by atoms with Gasteiger partial charge in [-0.05, 0) is 83.4 Å². The maximum Gasteiger partial charge on any atom is 0.185 e. The topological polar surface area (TPSA) is 32.7 Å². The van der Waals surface area contributed by atoms with Gasteiger partial charge in [0.2, 0.25) is 0 Å². The zero-order chi connectivity index (χ0) is 25.1. The fourth-order valence-corrected chi connectivity index (χ4v) is 4.92. The van der Waals surface area contributed by atoms with Crippen LogP contribution in [0.15, 0.2) is 122 Å². The van der Waals surface area contributed by atoms with Crippen LogP contribution < -0.4 is 5.01 Å². The second-order valence-electron chi connectivity index (χ2n) is 8.47. The van der Waals surface area contributed by atoms with Crippen molar-refractivity contribution in [2.45, 2.75) is 12.5 Å². The van der Waals surface area contributed by atoms with Crippen LogP contribution in [0.25, 0.3) is 6.08 Å². The summed E-state index contributed by atoms with van der Waals surface area (Å²) in [5.74, 6) is -0.0230. The van der Waals surface area contributed by atoms with Crippen LogP contribution in [0.3, 0.4) is 0 Å². The first-order valence-electron chi connectivity index (χ1n) is 11.4. The van der Waals surface area contributed by atoms with Gasteiger partial charge in [0, 0.05) is 25.4 Å². The minimum absolute atomic E-state index is 0.0230. The van der Waals surface area contributed by atoms with Gasteiger partial charge in [0.05, 0.1) is 17.4 Å². The zero-order valence-electron chi connectivity index (χ0n) is 19.1. The molecule has 0 aliphatic carbocycles. The Balaban J connectivity index is 1.40. The normalized spacial score (nSPS) is 15.4. The van der Waals surface area contributed by atoms with E-state index >= 15 is 0 Å².